The van der Waals surface area contributed by atoms with E-state index in [-0.39, 0.29) is 12.3 Å². The van der Waals surface area contributed by atoms with Gasteiger partial charge in [-0.15, -0.1) is 0 Å². The number of benzene rings is 2. The Kier molecular flexibility index (Phi) is 8.78. The molecule has 2 unspecified atom stereocenters. The molecule has 1 aliphatic carbocycles. The lowest BCUT2D eigenvalue weighted by atomic mass is 9.75. The van der Waals surface area contributed by atoms with Gasteiger partial charge in [0.1, 0.15) is 12.4 Å². The Hall–Kier alpha value is -1.60. The maximum Gasteiger partial charge on any atom is 0.211 e. The Morgan fingerprint density at radius 3 is 2.55 bits per heavy atom. The topological polar surface area (TPSA) is 67.4 Å². The van der Waals surface area contributed by atoms with Crippen molar-refractivity contribution in [2.24, 2.45) is 0 Å². The highest BCUT2D eigenvalue weighted by Gasteiger charge is 2.31. The molecule has 1 fully saturated rings. The molecule has 0 aliphatic heterocycles. The molecule has 0 heterocycles. The first kappa shape index (κ1) is 24.1. The second kappa shape index (κ2) is 11.3. The van der Waals surface area contributed by atoms with E-state index < -0.39 is 10.0 Å². The van der Waals surface area contributed by atoms with Gasteiger partial charge >= 0.3 is 0 Å². The summed E-state index contributed by atoms with van der Waals surface area (Å²) < 4.78 is 31.7. The van der Waals surface area contributed by atoms with Crippen molar-refractivity contribution < 1.29 is 13.2 Å². The summed E-state index contributed by atoms with van der Waals surface area (Å²) in [6.45, 7) is 5.46. The van der Waals surface area contributed by atoms with Gasteiger partial charge in [-0.3, -0.25) is 0 Å². The van der Waals surface area contributed by atoms with Crippen LogP contribution in [0.15, 0.2) is 42.5 Å². The zero-order valence-electron chi connectivity index (χ0n) is 18.4. The van der Waals surface area contributed by atoms with Crippen LogP contribution in [0.4, 0.5) is 0 Å². The minimum atomic E-state index is -3.19. The number of nitrogens with one attached hydrogen (secondary N) is 2. The van der Waals surface area contributed by atoms with Crippen molar-refractivity contribution >= 4 is 21.6 Å². The molecule has 7 heteroatoms. The number of rotatable bonds is 12. The molecule has 2 N–H and O–H groups in total. The van der Waals surface area contributed by atoms with Crippen LogP contribution in [0.1, 0.15) is 48.8 Å². The zero-order valence-corrected chi connectivity index (χ0v) is 19.9. The van der Waals surface area contributed by atoms with Crippen molar-refractivity contribution in [1.29, 1.82) is 0 Å². The van der Waals surface area contributed by atoms with Crippen LogP contribution in [-0.4, -0.2) is 39.9 Å². The van der Waals surface area contributed by atoms with Crippen molar-refractivity contribution in [3.8, 4) is 5.75 Å². The van der Waals surface area contributed by atoms with Gasteiger partial charge in [0.25, 0.3) is 0 Å². The average molecular weight is 465 g/mol. The summed E-state index contributed by atoms with van der Waals surface area (Å²) in [6.07, 6.45) is 3.94. The van der Waals surface area contributed by atoms with E-state index in [4.69, 9.17) is 16.3 Å². The smallest absolute Gasteiger partial charge is 0.211 e. The Balaban J connectivity index is 1.44. The fraction of sp³-hybridized carbons (Fsp3) is 0.500. The predicted molar refractivity (Wildman–Crippen MR) is 128 cm³/mol. The average Bonchev–Trinajstić information content (AvgIpc) is 2.71. The second-order valence-corrected chi connectivity index (χ2v) is 10.6. The molecule has 5 nitrogen and oxygen atoms in total. The Morgan fingerprint density at radius 1 is 1.10 bits per heavy atom. The monoisotopic (exact) mass is 464 g/mol. The largest absolute Gasteiger partial charge is 0.492 e. The summed E-state index contributed by atoms with van der Waals surface area (Å²) >= 11 is 6.01. The van der Waals surface area contributed by atoms with E-state index in [2.05, 4.69) is 41.2 Å². The van der Waals surface area contributed by atoms with Gasteiger partial charge in [-0.1, -0.05) is 36.7 Å². The van der Waals surface area contributed by atoms with E-state index in [9.17, 15) is 8.42 Å². The van der Waals surface area contributed by atoms with E-state index in [0.717, 1.165) is 23.7 Å². The third kappa shape index (κ3) is 7.21. The van der Waals surface area contributed by atoms with Crippen molar-refractivity contribution in [1.82, 2.24) is 10.0 Å². The molecular weight excluding hydrogens is 432 g/mol. The van der Waals surface area contributed by atoms with Crippen LogP contribution in [0.25, 0.3) is 0 Å². The van der Waals surface area contributed by atoms with Crippen LogP contribution in [0.3, 0.4) is 0 Å². The maximum absolute atomic E-state index is 11.7. The lowest BCUT2D eigenvalue weighted by molar-refractivity contribution is 0.285. The first-order valence-corrected chi connectivity index (χ1v) is 13.1. The van der Waals surface area contributed by atoms with Gasteiger partial charge in [0.05, 0.1) is 5.75 Å². The molecule has 0 bridgehead atoms. The highest BCUT2D eigenvalue weighted by Crippen LogP contribution is 2.37. The summed E-state index contributed by atoms with van der Waals surface area (Å²) in [4.78, 5) is 0. The van der Waals surface area contributed by atoms with Gasteiger partial charge in [0.2, 0.25) is 10.0 Å². The summed E-state index contributed by atoms with van der Waals surface area (Å²) in [5.41, 5.74) is 3.84. The second-order valence-electron chi connectivity index (χ2n) is 8.20. The zero-order chi connectivity index (χ0) is 22.3. The summed E-state index contributed by atoms with van der Waals surface area (Å²) in [6, 6.07) is 14.8. The van der Waals surface area contributed by atoms with Crippen LogP contribution in [0.5, 0.6) is 5.75 Å². The van der Waals surface area contributed by atoms with Crippen molar-refractivity contribution in [3.05, 3.63) is 64.2 Å². The summed E-state index contributed by atoms with van der Waals surface area (Å²) in [5.74, 6) is 1.48. The normalized spacial score (nSPS) is 18.5. The highest BCUT2D eigenvalue weighted by molar-refractivity contribution is 7.89. The minimum absolute atomic E-state index is 0.147. The van der Waals surface area contributed by atoms with Crippen molar-refractivity contribution in [2.75, 3.05) is 25.4 Å². The Bertz CT molecular complexity index is 948. The van der Waals surface area contributed by atoms with Crippen LogP contribution < -0.4 is 14.8 Å². The molecule has 2 aromatic carbocycles. The molecule has 1 aliphatic rings. The maximum atomic E-state index is 11.7. The van der Waals surface area contributed by atoms with E-state index in [1.54, 1.807) is 0 Å². The van der Waals surface area contributed by atoms with Crippen LogP contribution in [0.2, 0.25) is 5.02 Å². The minimum Gasteiger partial charge on any atom is -0.492 e. The van der Waals surface area contributed by atoms with Crippen LogP contribution >= 0.6 is 11.6 Å². The molecule has 31 heavy (non-hydrogen) atoms. The number of sulfonamides is 1. The van der Waals surface area contributed by atoms with Gasteiger partial charge in [-0.2, -0.15) is 0 Å². The molecule has 0 saturated heterocycles. The molecule has 0 spiro atoms. The molecule has 170 valence electrons. The lowest BCUT2D eigenvalue weighted by Crippen LogP contribution is -2.43. The SMILES string of the molecule is CCCS(=O)(=O)NCCOc1ccc(C)c(CCNC2CCC2c2ccc(Cl)cc2)c1. The first-order chi connectivity index (χ1) is 14.9. The quantitative estimate of drug-likeness (QED) is 0.456. The van der Waals surface area contributed by atoms with Crippen molar-refractivity contribution in [2.45, 2.75) is 51.5 Å². The fourth-order valence-corrected chi connectivity index (χ4v) is 5.16. The standard InChI is InChI=1S/C24H33ClN2O3S/c1-3-16-31(28,29)27-14-15-30-22-9-4-18(2)20(17-22)12-13-26-24-11-10-23(24)19-5-7-21(25)8-6-19/h4-9,17,23-24,26-27H,3,10-16H2,1-2H3. The van der Waals surface area contributed by atoms with E-state index >= 15 is 0 Å². The third-order valence-corrected chi connectivity index (χ3v) is 7.70. The molecular formula is C24H33ClN2O3S. The number of halogens is 1. The van der Waals surface area contributed by atoms with Crippen LogP contribution in [-0.2, 0) is 16.4 Å². The molecule has 3 rings (SSSR count). The summed E-state index contributed by atoms with van der Waals surface area (Å²) in [5, 5.41) is 4.49. The molecule has 2 atom stereocenters. The van der Waals surface area contributed by atoms with E-state index in [1.165, 1.54) is 29.5 Å². The number of aryl methyl sites for hydroxylation is 1. The number of hydrogen-bond donors (Lipinski definition) is 2. The number of ether oxygens (including phenoxy) is 1. The van der Waals surface area contributed by atoms with Gasteiger partial charge in [0, 0.05) is 17.6 Å². The van der Waals surface area contributed by atoms with Gasteiger partial charge in [0.15, 0.2) is 0 Å². The lowest BCUT2D eigenvalue weighted by Gasteiger charge is -2.38. The Labute approximate surface area is 191 Å². The molecule has 0 amide bonds. The van der Waals surface area contributed by atoms with E-state index in [1.807, 2.05) is 25.1 Å². The predicted octanol–water partition coefficient (Wildman–Crippen LogP) is 4.43. The highest BCUT2D eigenvalue weighted by atomic mass is 35.5. The van der Waals surface area contributed by atoms with Crippen molar-refractivity contribution in [3.63, 3.8) is 0 Å². The van der Waals surface area contributed by atoms with Gasteiger partial charge < -0.3 is 10.1 Å². The first-order valence-electron chi connectivity index (χ1n) is 11.1. The number of hydrogen-bond acceptors (Lipinski definition) is 4. The van der Waals surface area contributed by atoms with E-state index in [0.29, 0.717) is 25.0 Å². The van der Waals surface area contributed by atoms with Gasteiger partial charge in [-0.05, 0) is 86.0 Å². The van der Waals surface area contributed by atoms with Crippen LogP contribution in [0, 0.1) is 6.92 Å². The molecule has 0 aromatic heterocycles. The summed E-state index contributed by atoms with van der Waals surface area (Å²) in [7, 11) is -3.19. The fourth-order valence-electron chi connectivity index (χ4n) is 3.96. The molecule has 1 saturated carbocycles. The van der Waals surface area contributed by atoms with Gasteiger partial charge in [-0.25, -0.2) is 13.1 Å². The molecule has 2 aromatic rings. The molecule has 0 radical (unpaired) electrons. The Morgan fingerprint density at radius 2 is 1.87 bits per heavy atom. The third-order valence-electron chi connectivity index (χ3n) is 5.86.